The molecule has 0 radical (unpaired) electrons. The molecule has 0 bridgehead atoms. The number of aryl methyl sites for hydroxylation is 4. The van der Waals surface area contributed by atoms with E-state index in [1.54, 1.807) is 38.2 Å². The Kier molecular flexibility index (Phi) is 4.37. The molecule has 0 spiro atoms. The summed E-state index contributed by atoms with van der Waals surface area (Å²) in [6, 6.07) is 3.76. The smallest absolute Gasteiger partial charge is 0.333 e. The number of nitrogens with zero attached hydrogens (tertiary/aromatic N) is 6. The molecule has 5 aromatic rings. The molecule has 0 atom stereocenters. The number of aromatic nitrogens is 6. The number of rotatable bonds is 3. The van der Waals surface area contributed by atoms with Crippen LogP contribution in [0.3, 0.4) is 0 Å². The van der Waals surface area contributed by atoms with Crippen LogP contribution in [0.2, 0.25) is 0 Å². The van der Waals surface area contributed by atoms with Gasteiger partial charge in [0.2, 0.25) is 0 Å². The van der Waals surface area contributed by atoms with E-state index in [0.29, 0.717) is 33.2 Å². The normalized spacial score (nSPS) is 11.6. The van der Waals surface area contributed by atoms with Crippen molar-refractivity contribution in [2.24, 2.45) is 14.1 Å². The minimum absolute atomic E-state index is 0.179. The summed E-state index contributed by atoms with van der Waals surface area (Å²) in [5.74, 6) is 0.0675. The number of imidazole rings is 1. The first-order valence-corrected chi connectivity index (χ1v) is 10.0. The van der Waals surface area contributed by atoms with E-state index >= 15 is 0 Å². The van der Waals surface area contributed by atoms with Gasteiger partial charge >= 0.3 is 5.69 Å². The Labute approximate surface area is 182 Å². The third kappa shape index (κ3) is 2.74. The fraction of sp³-hybridized carbons (Fsp3) is 0.217. The maximum absolute atomic E-state index is 14.9. The Morgan fingerprint density at radius 1 is 1.06 bits per heavy atom. The average Bonchev–Trinajstić information content (AvgIpc) is 3.23. The predicted molar refractivity (Wildman–Crippen MR) is 120 cm³/mol. The minimum Gasteiger partial charge on any atom is -0.496 e. The van der Waals surface area contributed by atoms with Crippen molar-refractivity contribution in [2.45, 2.75) is 13.8 Å². The number of pyridine rings is 2. The number of halogens is 1. The third-order valence-electron chi connectivity index (χ3n) is 5.79. The molecule has 0 aliphatic rings. The van der Waals surface area contributed by atoms with E-state index in [4.69, 9.17) is 4.74 Å². The summed E-state index contributed by atoms with van der Waals surface area (Å²) in [5, 5.41) is 5.15. The Morgan fingerprint density at radius 2 is 1.84 bits per heavy atom. The van der Waals surface area contributed by atoms with E-state index < -0.39 is 5.82 Å². The summed E-state index contributed by atoms with van der Waals surface area (Å²) in [5.41, 5.74) is 4.72. The number of fused-ring (bicyclic) bond motifs is 3. The van der Waals surface area contributed by atoms with Crippen molar-refractivity contribution in [1.29, 1.82) is 0 Å². The van der Waals surface area contributed by atoms with Crippen molar-refractivity contribution < 1.29 is 9.13 Å². The molecule has 4 heterocycles. The summed E-state index contributed by atoms with van der Waals surface area (Å²) in [6.07, 6.45) is 6.20. The summed E-state index contributed by atoms with van der Waals surface area (Å²) < 4.78 is 25.2. The van der Waals surface area contributed by atoms with Crippen LogP contribution in [0.1, 0.15) is 11.3 Å². The van der Waals surface area contributed by atoms with Gasteiger partial charge in [0.05, 0.1) is 47.4 Å². The van der Waals surface area contributed by atoms with Crippen LogP contribution in [-0.2, 0) is 14.1 Å². The molecule has 0 fully saturated rings. The second-order valence-corrected chi connectivity index (χ2v) is 7.83. The van der Waals surface area contributed by atoms with Gasteiger partial charge in [-0.05, 0) is 25.5 Å². The molecule has 0 amide bonds. The highest BCUT2D eigenvalue weighted by molar-refractivity contribution is 6.05. The molecular weight excluding hydrogens is 411 g/mol. The summed E-state index contributed by atoms with van der Waals surface area (Å²) in [6.45, 7) is 3.65. The number of methoxy groups -OCH3 is 1. The summed E-state index contributed by atoms with van der Waals surface area (Å²) in [4.78, 5) is 21.7. The number of hydrogen-bond donors (Lipinski definition) is 0. The van der Waals surface area contributed by atoms with Gasteiger partial charge in [0.15, 0.2) is 5.82 Å². The van der Waals surface area contributed by atoms with Crippen LogP contribution < -0.4 is 10.4 Å². The maximum atomic E-state index is 14.9. The van der Waals surface area contributed by atoms with Gasteiger partial charge in [-0.25, -0.2) is 9.18 Å². The minimum atomic E-state index is -0.568. The number of benzene rings is 1. The van der Waals surface area contributed by atoms with Gasteiger partial charge < -0.3 is 4.74 Å². The van der Waals surface area contributed by atoms with Crippen LogP contribution >= 0.6 is 0 Å². The highest BCUT2D eigenvalue weighted by Gasteiger charge is 2.22. The van der Waals surface area contributed by atoms with Crippen molar-refractivity contribution >= 4 is 21.9 Å². The quantitative estimate of drug-likeness (QED) is 0.436. The van der Waals surface area contributed by atoms with Crippen LogP contribution in [0.25, 0.3) is 38.8 Å². The zero-order valence-electron chi connectivity index (χ0n) is 18.3. The SMILES string of the molecule is COc1cc2ncc3c(c2cc1-c1cn(C)nc1C)n(-c1c(C)cncc1F)c(=O)n3C. The first kappa shape index (κ1) is 19.9. The van der Waals surface area contributed by atoms with Crippen LogP contribution in [0.5, 0.6) is 5.75 Å². The fourth-order valence-corrected chi connectivity index (χ4v) is 4.28. The highest BCUT2D eigenvalue weighted by atomic mass is 19.1. The van der Waals surface area contributed by atoms with Gasteiger partial charge in [-0.3, -0.25) is 23.8 Å². The Balaban J connectivity index is 1.97. The Hall–Kier alpha value is -4.01. The highest BCUT2D eigenvalue weighted by Crippen LogP contribution is 2.37. The topological polar surface area (TPSA) is 79.8 Å². The van der Waals surface area contributed by atoms with E-state index in [9.17, 15) is 9.18 Å². The lowest BCUT2D eigenvalue weighted by atomic mass is 10.0. The van der Waals surface area contributed by atoms with Gasteiger partial charge in [-0.1, -0.05) is 0 Å². The van der Waals surface area contributed by atoms with E-state index in [2.05, 4.69) is 15.1 Å². The molecule has 4 aromatic heterocycles. The van der Waals surface area contributed by atoms with Gasteiger partial charge in [0, 0.05) is 49.1 Å². The molecule has 0 saturated carbocycles. The number of ether oxygens (including phenoxy) is 1. The zero-order chi connectivity index (χ0) is 22.7. The lowest BCUT2D eigenvalue weighted by Crippen LogP contribution is -2.22. The first-order valence-electron chi connectivity index (χ1n) is 10.0. The number of hydrogen-bond acceptors (Lipinski definition) is 5. The molecule has 5 rings (SSSR count). The zero-order valence-corrected chi connectivity index (χ0v) is 18.3. The van der Waals surface area contributed by atoms with Crippen LogP contribution in [-0.4, -0.2) is 36.0 Å². The largest absolute Gasteiger partial charge is 0.496 e. The Bertz CT molecular complexity index is 1570. The Morgan fingerprint density at radius 3 is 2.50 bits per heavy atom. The van der Waals surface area contributed by atoms with Crippen molar-refractivity contribution in [3.63, 3.8) is 0 Å². The van der Waals surface area contributed by atoms with Gasteiger partial charge in [0.25, 0.3) is 0 Å². The third-order valence-corrected chi connectivity index (χ3v) is 5.79. The molecule has 1 aromatic carbocycles. The van der Waals surface area contributed by atoms with Crippen molar-refractivity contribution in [3.8, 4) is 22.6 Å². The summed E-state index contributed by atoms with van der Waals surface area (Å²) in [7, 11) is 5.11. The van der Waals surface area contributed by atoms with Gasteiger partial charge in [-0.2, -0.15) is 5.10 Å². The second-order valence-electron chi connectivity index (χ2n) is 7.83. The predicted octanol–water partition coefficient (Wildman–Crippen LogP) is 3.44. The van der Waals surface area contributed by atoms with Crippen LogP contribution in [0, 0.1) is 19.7 Å². The van der Waals surface area contributed by atoms with E-state index in [1.807, 2.05) is 32.3 Å². The maximum Gasteiger partial charge on any atom is 0.333 e. The monoisotopic (exact) mass is 432 g/mol. The second kappa shape index (κ2) is 7.01. The van der Waals surface area contributed by atoms with Crippen molar-refractivity contribution in [2.75, 3.05) is 7.11 Å². The van der Waals surface area contributed by atoms with Crippen LogP contribution in [0.15, 0.2) is 41.7 Å². The molecule has 0 N–H and O–H groups in total. The molecule has 162 valence electrons. The van der Waals surface area contributed by atoms with E-state index in [-0.39, 0.29) is 11.4 Å². The molecule has 0 aliphatic heterocycles. The molecule has 8 nitrogen and oxygen atoms in total. The van der Waals surface area contributed by atoms with Crippen molar-refractivity contribution in [1.82, 2.24) is 28.9 Å². The lowest BCUT2D eigenvalue weighted by Gasteiger charge is -2.12. The molecule has 32 heavy (non-hydrogen) atoms. The molecular formula is C23H21FN6O2. The van der Waals surface area contributed by atoms with Crippen molar-refractivity contribution in [3.05, 3.63) is 64.5 Å². The average molecular weight is 432 g/mol. The summed E-state index contributed by atoms with van der Waals surface area (Å²) >= 11 is 0. The first-order chi connectivity index (χ1) is 15.3. The standard InChI is InChI=1S/C23H21FN6O2/c1-12-8-25-9-17(24)21(12)30-22-15-6-14(16-11-28(3)27-13(16)2)20(32-5)7-18(15)26-10-19(22)29(4)23(30)31/h6-11H,1-5H3. The lowest BCUT2D eigenvalue weighted by molar-refractivity contribution is 0.417. The molecule has 0 aliphatic carbocycles. The van der Waals surface area contributed by atoms with E-state index in [1.165, 1.54) is 9.13 Å². The molecule has 0 unspecified atom stereocenters. The fourth-order valence-electron chi connectivity index (χ4n) is 4.28. The molecule has 0 saturated heterocycles. The van der Waals surface area contributed by atoms with E-state index in [0.717, 1.165) is 23.0 Å². The van der Waals surface area contributed by atoms with Gasteiger partial charge in [-0.15, -0.1) is 0 Å². The van der Waals surface area contributed by atoms with Crippen LogP contribution in [0.4, 0.5) is 4.39 Å². The molecule has 9 heteroatoms. The van der Waals surface area contributed by atoms with Gasteiger partial charge in [0.1, 0.15) is 5.75 Å².